The number of amides is 1. The van der Waals surface area contributed by atoms with Crippen molar-refractivity contribution in [3.05, 3.63) is 72.0 Å². The number of hydrogen-bond donors (Lipinski definition) is 0. The lowest BCUT2D eigenvalue weighted by atomic mass is 9.97. The number of ether oxygens (including phenoxy) is 3. The first-order valence-electron chi connectivity index (χ1n) is 14.4. The highest BCUT2D eigenvalue weighted by molar-refractivity contribution is 7.18. The van der Waals surface area contributed by atoms with E-state index in [-0.39, 0.29) is 36.5 Å². The molecule has 4 aromatic heterocycles. The van der Waals surface area contributed by atoms with Gasteiger partial charge in [-0.2, -0.15) is 10.2 Å². The lowest BCUT2D eigenvalue weighted by molar-refractivity contribution is -0.129. The fraction of sp³-hybridized carbons (Fsp3) is 0.312. The van der Waals surface area contributed by atoms with Crippen molar-refractivity contribution in [3.63, 3.8) is 0 Å². The molecule has 45 heavy (non-hydrogen) atoms. The molecule has 0 aliphatic carbocycles. The van der Waals surface area contributed by atoms with Crippen LogP contribution in [0.2, 0.25) is 0 Å². The number of pyridine rings is 1. The molecular formula is C32H32F2N6O4S. The minimum absolute atomic E-state index is 0.0304. The fourth-order valence-electron chi connectivity index (χ4n) is 5.54. The first kappa shape index (κ1) is 30.6. The van der Waals surface area contributed by atoms with Gasteiger partial charge in [0.05, 0.1) is 56.0 Å². The van der Waals surface area contributed by atoms with Gasteiger partial charge in [-0.3, -0.25) is 14.2 Å². The molecule has 6 rings (SSSR count). The zero-order valence-corrected chi connectivity index (χ0v) is 25.9. The molecule has 0 fully saturated rings. The maximum absolute atomic E-state index is 16.0. The third-order valence-corrected chi connectivity index (χ3v) is 8.65. The Morgan fingerprint density at radius 3 is 2.73 bits per heavy atom. The van der Waals surface area contributed by atoms with Crippen LogP contribution in [-0.2, 0) is 33.9 Å². The predicted molar refractivity (Wildman–Crippen MR) is 167 cm³/mol. The molecular weight excluding hydrogens is 602 g/mol. The van der Waals surface area contributed by atoms with Gasteiger partial charge in [-0.15, -0.1) is 11.3 Å². The Kier molecular flexibility index (Phi) is 8.74. The van der Waals surface area contributed by atoms with Gasteiger partial charge in [0.15, 0.2) is 0 Å². The van der Waals surface area contributed by atoms with E-state index in [9.17, 15) is 9.18 Å². The minimum Gasteiger partial charge on any atom is -0.490 e. The van der Waals surface area contributed by atoms with Crippen LogP contribution in [0.3, 0.4) is 0 Å². The van der Waals surface area contributed by atoms with Gasteiger partial charge < -0.3 is 19.1 Å². The van der Waals surface area contributed by atoms with E-state index in [0.717, 1.165) is 27.4 Å². The summed E-state index contributed by atoms with van der Waals surface area (Å²) in [6, 6.07) is 5.68. The minimum atomic E-state index is -0.791. The van der Waals surface area contributed by atoms with Gasteiger partial charge in [0.2, 0.25) is 5.91 Å². The third kappa shape index (κ3) is 5.86. The Hall–Kier alpha value is -4.46. The van der Waals surface area contributed by atoms with Crippen LogP contribution in [0.5, 0.6) is 5.75 Å². The molecule has 1 aliphatic heterocycles. The number of aromatic nitrogens is 5. The summed E-state index contributed by atoms with van der Waals surface area (Å²) in [5.74, 6) is -1.70. The van der Waals surface area contributed by atoms with E-state index in [1.807, 2.05) is 35.3 Å². The maximum Gasteiger partial charge on any atom is 0.246 e. The fourth-order valence-corrected chi connectivity index (χ4v) is 6.49. The first-order chi connectivity index (χ1) is 21.8. The molecule has 1 aromatic carbocycles. The monoisotopic (exact) mass is 634 g/mol. The highest BCUT2D eigenvalue weighted by atomic mass is 32.1. The van der Waals surface area contributed by atoms with Crippen molar-refractivity contribution in [3.8, 4) is 39.5 Å². The number of hydrogen-bond acceptors (Lipinski definition) is 8. The SMILES string of the molecule is C=CC(=O)N1Cc2cc(-c3nc(-c4cnn(CCOC)c4)c4ccsc4c3-c3c(F)cc(F)cc3OCCOC)nn2CC1C. The van der Waals surface area contributed by atoms with Crippen molar-refractivity contribution in [1.29, 1.82) is 0 Å². The Morgan fingerprint density at radius 2 is 1.96 bits per heavy atom. The van der Waals surface area contributed by atoms with Crippen molar-refractivity contribution in [2.75, 3.05) is 34.0 Å². The lowest BCUT2D eigenvalue weighted by Crippen LogP contribution is -2.44. The highest BCUT2D eigenvalue weighted by Crippen LogP contribution is 2.47. The molecule has 1 amide bonds. The smallest absolute Gasteiger partial charge is 0.246 e. The van der Waals surface area contributed by atoms with Gasteiger partial charge in [-0.1, -0.05) is 6.58 Å². The second-order valence-electron chi connectivity index (χ2n) is 10.7. The number of carbonyl (C=O) groups excluding carboxylic acids is 1. The van der Waals surface area contributed by atoms with Crippen LogP contribution in [-0.4, -0.2) is 75.4 Å². The molecule has 1 aliphatic rings. The van der Waals surface area contributed by atoms with Crippen molar-refractivity contribution >= 4 is 27.3 Å². The Morgan fingerprint density at radius 1 is 1.13 bits per heavy atom. The van der Waals surface area contributed by atoms with E-state index < -0.39 is 11.6 Å². The second-order valence-corrected chi connectivity index (χ2v) is 11.6. The summed E-state index contributed by atoms with van der Waals surface area (Å²) in [6.45, 7) is 7.74. The summed E-state index contributed by atoms with van der Waals surface area (Å²) < 4.78 is 51.1. The Labute approximate surface area is 262 Å². The van der Waals surface area contributed by atoms with Crippen molar-refractivity contribution in [2.45, 2.75) is 32.6 Å². The zero-order chi connectivity index (χ0) is 31.7. The summed E-state index contributed by atoms with van der Waals surface area (Å²) >= 11 is 1.41. The largest absolute Gasteiger partial charge is 0.490 e. The molecule has 13 heteroatoms. The number of methoxy groups -OCH3 is 2. The number of rotatable bonds is 11. The summed E-state index contributed by atoms with van der Waals surface area (Å²) in [5.41, 5.74) is 3.58. The van der Waals surface area contributed by atoms with Crippen LogP contribution in [0.1, 0.15) is 12.6 Å². The van der Waals surface area contributed by atoms with Gasteiger partial charge in [-0.25, -0.2) is 13.8 Å². The zero-order valence-electron chi connectivity index (χ0n) is 25.1. The molecule has 234 valence electrons. The van der Waals surface area contributed by atoms with E-state index in [1.54, 1.807) is 22.9 Å². The first-order valence-corrected chi connectivity index (χ1v) is 15.2. The molecule has 10 nitrogen and oxygen atoms in total. The topological polar surface area (TPSA) is 96.5 Å². The van der Waals surface area contributed by atoms with Gasteiger partial charge in [0, 0.05) is 59.8 Å². The van der Waals surface area contributed by atoms with E-state index in [0.29, 0.717) is 48.9 Å². The lowest BCUT2D eigenvalue weighted by Gasteiger charge is -2.33. The normalized spacial score (nSPS) is 14.6. The molecule has 0 saturated heterocycles. The Balaban J connectivity index is 1.59. The van der Waals surface area contributed by atoms with Crippen LogP contribution in [0.4, 0.5) is 8.78 Å². The van der Waals surface area contributed by atoms with E-state index in [4.69, 9.17) is 24.3 Å². The van der Waals surface area contributed by atoms with Crippen LogP contribution in [0.15, 0.2) is 54.7 Å². The summed E-state index contributed by atoms with van der Waals surface area (Å²) in [7, 11) is 3.15. The van der Waals surface area contributed by atoms with Crippen LogP contribution in [0, 0.1) is 11.6 Å². The summed E-state index contributed by atoms with van der Waals surface area (Å²) in [6.07, 6.45) is 4.92. The number of halogens is 2. The molecule has 0 radical (unpaired) electrons. The number of carbonyl (C=O) groups is 1. The molecule has 5 aromatic rings. The molecule has 5 heterocycles. The molecule has 1 atom stereocenters. The Bertz CT molecular complexity index is 1880. The second kappa shape index (κ2) is 12.9. The highest BCUT2D eigenvalue weighted by Gasteiger charge is 2.30. The molecule has 0 bridgehead atoms. The van der Waals surface area contributed by atoms with Crippen LogP contribution in [0.25, 0.3) is 43.9 Å². The number of thiophene rings is 1. The quantitative estimate of drug-likeness (QED) is 0.139. The van der Waals surface area contributed by atoms with E-state index in [2.05, 4.69) is 11.7 Å². The molecule has 1 unspecified atom stereocenters. The van der Waals surface area contributed by atoms with E-state index >= 15 is 4.39 Å². The van der Waals surface area contributed by atoms with Crippen LogP contribution < -0.4 is 4.74 Å². The predicted octanol–water partition coefficient (Wildman–Crippen LogP) is 5.56. The van der Waals surface area contributed by atoms with Crippen molar-refractivity contribution in [2.24, 2.45) is 0 Å². The average molecular weight is 635 g/mol. The van der Waals surface area contributed by atoms with Gasteiger partial charge in [-0.05, 0) is 30.5 Å². The number of nitrogens with zero attached hydrogens (tertiary/aromatic N) is 6. The van der Waals surface area contributed by atoms with Gasteiger partial charge in [0.1, 0.15) is 35.4 Å². The van der Waals surface area contributed by atoms with Crippen molar-refractivity contribution < 1.29 is 27.8 Å². The number of fused-ring (bicyclic) bond motifs is 2. The number of benzene rings is 1. The maximum atomic E-state index is 16.0. The summed E-state index contributed by atoms with van der Waals surface area (Å²) in [4.78, 5) is 19.4. The molecule has 0 saturated carbocycles. The third-order valence-electron chi connectivity index (χ3n) is 7.72. The standard InChI is InChI=1S/C32H32F2N6O4S/c1-5-27(41)39-18-22-14-25(37-40(22)16-19(39)2)31-29(28-24(34)12-21(33)13-26(28)44-10-9-43-4)32-23(6-11-45-32)30(36-31)20-15-35-38(17-20)7-8-42-3/h5-6,11-15,17,19H,1,7-10,16,18H2,2-4H3. The van der Waals surface area contributed by atoms with Crippen LogP contribution >= 0.6 is 11.3 Å². The molecule has 0 N–H and O–H groups in total. The average Bonchev–Trinajstić information content (AvgIpc) is 3.79. The van der Waals surface area contributed by atoms with Gasteiger partial charge >= 0.3 is 0 Å². The van der Waals surface area contributed by atoms with Gasteiger partial charge in [0.25, 0.3) is 0 Å². The summed E-state index contributed by atoms with van der Waals surface area (Å²) in [5, 5.41) is 12.1. The van der Waals surface area contributed by atoms with E-state index in [1.165, 1.54) is 30.6 Å². The molecule has 0 spiro atoms. The van der Waals surface area contributed by atoms with Crippen molar-refractivity contribution in [1.82, 2.24) is 29.4 Å².